The van der Waals surface area contributed by atoms with Gasteiger partial charge in [0.2, 0.25) is 0 Å². The maximum atomic E-state index is 12.5. The summed E-state index contributed by atoms with van der Waals surface area (Å²) >= 11 is 1.47. The van der Waals surface area contributed by atoms with Gasteiger partial charge in [-0.15, -0.1) is 0 Å². The average Bonchev–Trinajstić information content (AvgIpc) is 3.20. The molecule has 0 aliphatic heterocycles. The Kier molecular flexibility index (Phi) is 5.40. The number of nitro groups is 1. The van der Waals surface area contributed by atoms with Crippen LogP contribution in [0.3, 0.4) is 0 Å². The second-order valence-corrected chi connectivity index (χ2v) is 7.47. The highest BCUT2D eigenvalue weighted by atomic mass is 32.2. The second kappa shape index (κ2) is 8.30. The number of hydrogen-bond acceptors (Lipinski definition) is 6. The van der Waals surface area contributed by atoms with Crippen molar-refractivity contribution >= 4 is 40.0 Å². The van der Waals surface area contributed by atoms with E-state index in [1.165, 1.54) is 23.9 Å². The molecule has 0 unspecified atom stereocenters. The molecule has 8 heteroatoms. The van der Waals surface area contributed by atoms with E-state index in [0.29, 0.717) is 17.0 Å². The summed E-state index contributed by atoms with van der Waals surface area (Å²) in [6.07, 6.45) is 0. The molecule has 4 aromatic rings. The summed E-state index contributed by atoms with van der Waals surface area (Å²) in [5.41, 5.74) is 1.21. The lowest BCUT2D eigenvalue weighted by atomic mass is 10.2. The number of amides is 1. The number of anilines is 1. The fraction of sp³-hybridized carbons (Fsp3) is 0.0455. The van der Waals surface area contributed by atoms with Crippen molar-refractivity contribution in [2.75, 3.05) is 12.4 Å². The minimum absolute atomic E-state index is 0.0561. The third-order valence-electron chi connectivity index (χ3n) is 4.35. The maximum Gasteiger partial charge on any atom is 0.291 e. The Bertz CT molecular complexity index is 1220. The molecular formula is C22H16N2O5S. The van der Waals surface area contributed by atoms with Crippen molar-refractivity contribution in [1.82, 2.24) is 0 Å². The Morgan fingerprint density at radius 3 is 2.33 bits per heavy atom. The van der Waals surface area contributed by atoms with Crippen LogP contribution in [-0.4, -0.2) is 17.9 Å². The van der Waals surface area contributed by atoms with E-state index in [2.05, 4.69) is 5.32 Å². The number of nitrogens with one attached hydrogen (secondary N) is 1. The van der Waals surface area contributed by atoms with E-state index in [1.54, 1.807) is 43.5 Å². The van der Waals surface area contributed by atoms with Gasteiger partial charge in [-0.3, -0.25) is 14.9 Å². The number of benzene rings is 3. The number of carbonyl (C=O) groups is 1. The fourth-order valence-corrected chi connectivity index (χ4v) is 3.70. The number of hydrogen-bond donors (Lipinski definition) is 1. The van der Waals surface area contributed by atoms with Crippen LogP contribution in [-0.2, 0) is 0 Å². The summed E-state index contributed by atoms with van der Waals surface area (Å²) in [7, 11) is 1.55. The summed E-state index contributed by atoms with van der Waals surface area (Å²) < 4.78 is 10.9. The first-order chi connectivity index (χ1) is 14.5. The zero-order valence-electron chi connectivity index (χ0n) is 15.8. The minimum Gasteiger partial charge on any atom is -0.493 e. The molecule has 1 amide bonds. The Morgan fingerprint density at radius 1 is 1.03 bits per heavy atom. The number of non-ortho nitro benzene ring substituents is 1. The maximum absolute atomic E-state index is 12.5. The van der Waals surface area contributed by atoms with Gasteiger partial charge in [-0.2, -0.15) is 0 Å². The molecular weight excluding hydrogens is 404 g/mol. The first-order valence-corrected chi connectivity index (χ1v) is 9.75. The molecule has 0 fully saturated rings. The van der Waals surface area contributed by atoms with E-state index >= 15 is 0 Å². The highest BCUT2D eigenvalue weighted by Crippen LogP contribution is 2.31. The molecule has 30 heavy (non-hydrogen) atoms. The number of carbonyl (C=O) groups excluding carboxylic acids is 1. The van der Waals surface area contributed by atoms with Gasteiger partial charge in [0, 0.05) is 33.0 Å². The van der Waals surface area contributed by atoms with E-state index in [1.807, 2.05) is 24.3 Å². The van der Waals surface area contributed by atoms with Crippen molar-refractivity contribution in [2.45, 2.75) is 9.79 Å². The van der Waals surface area contributed by atoms with Crippen LogP contribution >= 0.6 is 11.8 Å². The van der Waals surface area contributed by atoms with Crippen LogP contribution < -0.4 is 10.1 Å². The number of rotatable bonds is 6. The van der Waals surface area contributed by atoms with Crippen LogP contribution in [0.1, 0.15) is 10.6 Å². The van der Waals surface area contributed by atoms with Crippen LogP contribution in [0.4, 0.5) is 11.4 Å². The summed E-state index contributed by atoms with van der Waals surface area (Å²) in [5.74, 6) is 0.405. The van der Waals surface area contributed by atoms with Gasteiger partial charge in [0.05, 0.1) is 12.0 Å². The summed E-state index contributed by atoms with van der Waals surface area (Å²) in [5, 5.41) is 14.3. The molecule has 7 nitrogen and oxygen atoms in total. The number of nitro benzene ring substituents is 1. The number of furan rings is 1. The molecule has 0 saturated heterocycles. The largest absolute Gasteiger partial charge is 0.493 e. The third kappa shape index (κ3) is 4.13. The number of ether oxygens (including phenoxy) is 1. The number of para-hydroxylation sites is 1. The molecule has 0 radical (unpaired) electrons. The van der Waals surface area contributed by atoms with E-state index < -0.39 is 4.92 Å². The Labute approximate surface area is 175 Å². The van der Waals surface area contributed by atoms with Crippen molar-refractivity contribution in [3.8, 4) is 5.75 Å². The molecule has 1 heterocycles. The van der Waals surface area contributed by atoms with Crippen molar-refractivity contribution in [3.63, 3.8) is 0 Å². The van der Waals surface area contributed by atoms with E-state index in [-0.39, 0.29) is 17.4 Å². The van der Waals surface area contributed by atoms with Crippen molar-refractivity contribution < 1.29 is 18.9 Å². The van der Waals surface area contributed by atoms with Crippen molar-refractivity contribution in [2.24, 2.45) is 0 Å². The van der Waals surface area contributed by atoms with Gasteiger partial charge >= 0.3 is 0 Å². The van der Waals surface area contributed by atoms with E-state index in [4.69, 9.17) is 9.15 Å². The predicted molar refractivity (Wildman–Crippen MR) is 114 cm³/mol. The third-order valence-corrected chi connectivity index (χ3v) is 5.36. The molecule has 0 spiro atoms. The van der Waals surface area contributed by atoms with E-state index in [0.717, 1.165) is 15.2 Å². The first-order valence-electron chi connectivity index (χ1n) is 8.94. The molecule has 0 atom stereocenters. The van der Waals surface area contributed by atoms with Crippen LogP contribution in [0.25, 0.3) is 11.0 Å². The summed E-state index contributed by atoms with van der Waals surface area (Å²) in [4.78, 5) is 24.7. The van der Waals surface area contributed by atoms with E-state index in [9.17, 15) is 14.9 Å². The van der Waals surface area contributed by atoms with Crippen molar-refractivity contribution in [3.05, 3.63) is 88.7 Å². The standard InChI is InChI=1S/C22H16N2O5S/c1-28-19-4-2-3-14-13-20(29-21(14)19)22(25)23-15-5-9-17(10-6-15)30-18-11-7-16(8-12-18)24(26)27/h2-13H,1H3,(H,23,25). The van der Waals surface area contributed by atoms with Gasteiger partial charge in [-0.1, -0.05) is 23.9 Å². The molecule has 1 aromatic heterocycles. The highest BCUT2D eigenvalue weighted by molar-refractivity contribution is 7.99. The minimum atomic E-state index is -0.427. The number of methoxy groups -OCH3 is 1. The monoisotopic (exact) mass is 420 g/mol. The smallest absolute Gasteiger partial charge is 0.291 e. The van der Waals surface area contributed by atoms with Gasteiger partial charge in [-0.05, 0) is 48.5 Å². The summed E-state index contributed by atoms with van der Waals surface area (Å²) in [6.45, 7) is 0. The Balaban J connectivity index is 1.44. The zero-order valence-corrected chi connectivity index (χ0v) is 16.6. The molecule has 4 rings (SSSR count). The predicted octanol–water partition coefficient (Wildman–Crippen LogP) is 5.75. The molecule has 1 N–H and O–H groups in total. The molecule has 0 aliphatic carbocycles. The van der Waals surface area contributed by atoms with Crippen LogP contribution in [0.5, 0.6) is 5.75 Å². The first kappa shape index (κ1) is 19.5. The van der Waals surface area contributed by atoms with Crippen LogP contribution in [0.2, 0.25) is 0 Å². The van der Waals surface area contributed by atoms with Gasteiger partial charge < -0.3 is 14.5 Å². The molecule has 150 valence electrons. The molecule has 3 aromatic carbocycles. The number of nitrogens with zero attached hydrogens (tertiary/aromatic N) is 1. The van der Waals surface area contributed by atoms with Gasteiger partial charge in [0.1, 0.15) is 0 Å². The Hall–Kier alpha value is -3.78. The number of fused-ring (bicyclic) bond motifs is 1. The lowest BCUT2D eigenvalue weighted by Gasteiger charge is -2.05. The lowest BCUT2D eigenvalue weighted by Crippen LogP contribution is -2.10. The lowest BCUT2D eigenvalue weighted by molar-refractivity contribution is -0.384. The van der Waals surface area contributed by atoms with Crippen LogP contribution in [0, 0.1) is 10.1 Å². The molecule has 0 aliphatic rings. The average molecular weight is 420 g/mol. The molecule has 0 saturated carbocycles. The SMILES string of the molecule is COc1cccc2cc(C(=O)Nc3ccc(Sc4ccc([N+](=O)[O-])cc4)cc3)oc12. The highest BCUT2D eigenvalue weighted by Gasteiger charge is 2.15. The van der Waals surface area contributed by atoms with Gasteiger partial charge in [-0.25, -0.2) is 0 Å². The summed E-state index contributed by atoms with van der Waals surface area (Å²) in [6, 6.07) is 20.8. The van der Waals surface area contributed by atoms with Gasteiger partial charge in [0.15, 0.2) is 17.1 Å². The van der Waals surface area contributed by atoms with Crippen LogP contribution in [0.15, 0.2) is 87.0 Å². The zero-order chi connectivity index (χ0) is 21.1. The topological polar surface area (TPSA) is 94.6 Å². The molecule has 0 bridgehead atoms. The fourth-order valence-electron chi connectivity index (χ4n) is 2.88. The Morgan fingerprint density at radius 2 is 1.70 bits per heavy atom. The quantitative estimate of drug-likeness (QED) is 0.315. The van der Waals surface area contributed by atoms with Gasteiger partial charge in [0.25, 0.3) is 11.6 Å². The normalized spacial score (nSPS) is 10.7. The van der Waals surface area contributed by atoms with Crippen molar-refractivity contribution in [1.29, 1.82) is 0 Å². The second-order valence-electron chi connectivity index (χ2n) is 6.32.